The van der Waals surface area contributed by atoms with Crippen LogP contribution in [0.4, 0.5) is 0 Å². The third-order valence-corrected chi connectivity index (χ3v) is 9.65. The zero-order valence-electron chi connectivity index (χ0n) is 25.5. The SMILES string of the molecule is CCCC1=C([C@H](O)CC/C(C)=C/c2ccccc2O)[C@H](CO)[C@@H]2C(=O)N(C3CCN(Cc4ccccc4)CC3)C(=O)[C@@H]2C1. The van der Waals surface area contributed by atoms with E-state index in [1.165, 1.54) is 10.5 Å². The number of fused-ring (bicyclic) bond motifs is 1. The van der Waals surface area contributed by atoms with Gasteiger partial charge in [-0.25, -0.2) is 0 Å². The molecule has 0 aromatic heterocycles. The summed E-state index contributed by atoms with van der Waals surface area (Å²) < 4.78 is 0. The number of amides is 2. The van der Waals surface area contributed by atoms with Gasteiger partial charge in [-0.15, -0.1) is 0 Å². The summed E-state index contributed by atoms with van der Waals surface area (Å²) in [5.41, 5.74) is 4.80. The second kappa shape index (κ2) is 14.0. The van der Waals surface area contributed by atoms with Gasteiger partial charge < -0.3 is 15.3 Å². The van der Waals surface area contributed by atoms with E-state index >= 15 is 0 Å². The van der Waals surface area contributed by atoms with Gasteiger partial charge in [-0.3, -0.25) is 19.4 Å². The Balaban J connectivity index is 1.29. The molecular weight excluding hydrogens is 540 g/mol. The lowest BCUT2D eigenvalue weighted by Gasteiger charge is -2.37. The predicted octanol–water partition coefficient (Wildman–Crippen LogP) is 5.31. The smallest absolute Gasteiger partial charge is 0.234 e. The van der Waals surface area contributed by atoms with Crippen LogP contribution in [0.15, 0.2) is 71.3 Å². The van der Waals surface area contributed by atoms with E-state index in [4.69, 9.17) is 0 Å². The van der Waals surface area contributed by atoms with E-state index < -0.39 is 23.9 Å². The zero-order chi connectivity index (χ0) is 30.5. The number of aliphatic hydroxyl groups excluding tert-OH is 2. The number of nitrogens with zero attached hydrogens (tertiary/aromatic N) is 2. The first-order valence-electron chi connectivity index (χ1n) is 15.9. The Bertz CT molecular complexity index is 1340. The summed E-state index contributed by atoms with van der Waals surface area (Å²) in [6.07, 6.45) is 5.72. The lowest BCUT2D eigenvalue weighted by Crippen LogP contribution is -2.47. The number of phenols is 1. The van der Waals surface area contributed by atoms with E-state index in [-0.39, 0.29) is 30.2 Å². The molecule has 2 aliphatic heterocycles. The fraction of sp³-hybridized carbons (Fsp3) is 0.500. The highest BCUT2D eigenvalue weighted by Gasteiger charge is 2.56. The first kappa shape index (κ1) is 31.2. The van der Waals surface area contributed by atoms with E-state index in [1.54, 1.807) is 12.1 Å². The van der Waals surface area contributed by atoms with Crippen LogP contribution in [0.3, 0.4) is 0 Å². The Labute approximate surface area is 255 Å². The number of imide groups is 1. The molecule has 4 atom stereocenters. The molecule has 0 bridgehead atoms. The van der Waals surface area contributed by atoms with Crippen LogP contribution < -0.4 is 0 Å². The summed E-state index contributed by atoms with van der Waals surface area (Å²) in [6, 6.07) is 17.4. The number of rotatable bonds is 11. The van der Waals surface area contributed by atoms with Crippen LogP contribution in [0.2, 0.25) is 0 Å². The Kier molecular flexibility index (Phi) is 10.2. The second-order valence-corrected chi connectivity index (χ2v) is 12.6. The minimum absolute atomic E-state index is 0.0986. The second-order valence-electron chi connectivity index (χ2n) is 12.6. The van der Waals surface area contributed by atoms with Crippen molar-refractivity contribution in [1.82, 2.24) is 9.80 Å². The van der Waals surface area contributed by atoms with Gasteiger partial charge in [0.1, 0.15) is 5.75 Å². The van der Waals surface area contributed by atoms with Crippen molar-refractivity contribution >= 4 is 17.9 Å². The summed E-state index contributed by atoms with van der Waals surface area (Å²) in [4.78, 5) is 31.7. The molecule has 3 aliphatic rings. The number of hydrogen-bond acceptors (Lipinski definition) is 6. The fourth-order valence-corrected chi connectivity index (χ4v) is 7.53. The molecular formula is C36H46N2O5. The molecule has 2 aromatic carbocycles. The molecule has 230 valence electrons. The maximum absolute atomic E-state index is 14.0. The Morgan fingerprint density at radius 1 is 1.02 bits per heavy atom. The molecule has 2 amide bonds. The van der Waals surface area contributed by atoms with Crippen molar-refractivity contribution in [1.29, 1.82) is 0 Å². The lowest BCUT2D eigenvalue weighted by molar-refractivity contribution is -0.144. The molecule has 2 saturated heterocycles. The summed E-state index contributed by atoms with van der Waals surface area (Å²) in [6.45, 7) is 6.30. The van der Waals surface area contributed by atoms with E-state index in [1.807, 2.05) is 43.3 Å². The average molecular weight is 587 g/mol. The van der Waals surface area contributed by atoms with Gasteiger partial charge in [-0.1, -0.05) is 79.1 Å². The molecule has 43 heavy (non-hydrogen) atoms. The van der Waals surface area contributed by atoms with Gasteiger partial charge in [0.15, 0.2) is 0 Å². The van der Waals surface area contributed by atoms with Crippen LogP contribution in [0.25, 0.3) is 6.08 Å². The van der Waals surface area contributed by atoms with Crippen molar-refractivity contribution in [3.05, 3.63) is 82.4 Å². The quantitative estimate of drug-likeness (QED) is 0.244. The van der Waals surface area contributed by atoms with Crippen LogP contribution in [-0.2, 0) is 16.1 Å². The van der Waals surface area contributed by atoms with Crippen molar-refractivity contribution in [2.45, 2.75) is 77.5 Å². The number of hydrogen-bond donors (Lipinski definition) is 3. The maximum Gasteiger partial charge on any atom is 0.234 e. The Morgan fingerprint density at radius 2 is 1.72 bits per heavy atom. The minimum Gasteiger partial charge on any atom is -0.507 e. The molecule has 1 aliphatic carbocycles. The fourth-order valence-electron chi connectivity index (χ4n) is 7.53. The molecule has 7 nitrogen and oxygen atoms in total. The molecule has 2 fully saturated rings. The number of carbonyl (C=O) groups excluding carboxylic acids is 2. The molecule has 2 aromatic rings. The number of aliphatic hydroxyl groups is 2. The largest absolute Gasteiger partial charge is 0.507 e. The standard InChI is InChI=1S/C36H46N2O5/c1-3-9-27-21-29-34(30(23-39)33(27)32(41)15-14-24(2)20-26-12-7-8-13-31(26)40)36(43)38(35(29)42)28-16-18-37(19-17-28)22-25-10-5-4-6-11-25/h4-8,10-13,20,28-30,32,34,39-41H,3,9,14-19,21-23H2,1-2H3/b24-20+/t29-,30+,32-,34-/m1/s1. The number of allylic oxidation sites excluding steroid dienone is 2. The van der Waals surface area contributed by atoms with Crippen molar-refractivity contribution in [3.8, 4) is 5.75 Å². The third kappa shape index (κ3) is 6.79. The number of aromatic hydroxyl groups is 1. The summed E-state index contributed by atoms with van der Waals surface area (Å²) in [5, 5.41) is 32.3. The van der Waals surface area contributed by atoms with Gasteiger partial charge in [0.25, 0.3) is 0 Å². The molecule has 5 rings (SSSR count). The van der Waals surface area contributed by atoms with Crippen LogP contribution in [0, 0.1) is 17.8 Å². The van der Waals surface area contributed by atoms with Crippen molar-refractivity contribution in [3.63, 3.8) is 0 Å². The van der Waals surface area contributed by atoms with Gasteiger partial charge in [0.2, 0.25) is 11.8 Å². The van der Waals surface area contributed by atoms with Gasteiger partial charge >= 0.3 is 0 Å². The summed E-state index contributed by atoms with van der Waals surface area (Å²) in [5.74, 6) is -1.71. The summed E-state index contributed by atoms with van der Waals surface area (Å²) >= 11 is 0. The number of benzene rings is 2. The number of para-hydroxylation sites is 1. The molecule has 7 heteroatoms. The molecule has 2 heterocycles. The van der Waals surface area contributed by atoms with Crippen molar-refractivity contribution in [2.75, 3.05) is 19.7 Å². The first-order chi connectivity index (χ1) is 20.8. The highest BCUT2D eigenvalue weighted by Crippen LogP contribution is 2.48. The Morgan fingerprint density at radius 3 is 2.40 bits per heavy atom. The maximum atomic E-state index is 14.0. The monoisotopic (exact) mass is 586 g/mol. The molecule has 0 radical (unpaired) electrons. The van der Waals surface area contributed by atoms with E-state index in [0.29, 0.717) is 19.3 Å². The summed E-state index contributed by atoms with van der Waals surface area (Å²) in [7, 11) is 0. The number of phenolic OH excluding ortho intramolecular Hbond substituents is 1. The van der Waals surface area contributed by atoms with Gasteiger partial charge in [0, 0.05) is 37.2 Å². The highest BCUT2D eigenvalue weighted by atomic mass is 16.3. The van der Waals surface area contributed by atoms with Crippen LogP contribution in [0.1, 0.15) is 69.9 Å². The zero-order valence-corrected chi connectivity index (χ0v) is 25.5. The van der Waals surface area contributed by atoms with Crippen LogP contribution in [-0.4, -0.2) is 68.8 Å². The van der Waals surface area contributed by atoms with E-state index in [0.717, 1.165) is 67.6 Å². The highest BCUT2D eigenvalue weighted by molar-refractivity contribution is 6.06. The van der Waals surface area contributed by atoms with Gasteiger partial charge in [0.05, 0.1) is 24.5 Å². The Hall–Kier alpha value is -3.26. The normalized spacial score (nSPS) is 24.5. The number of piperidine rings is 1. The van der Waals surface area contributed by atoms with Gasteiger partial charge in [-0.05, 0) is 62.7 Å². The van der Waals surface area contributed by atoms with E-state index in [2.05, 4.69) is 24.0 Å². The molecule has 3 N–H and O–H groups in total. The average Bonchev–Trinajstić information content (AvgIpc) is 3.26. The number of likely N-dealkylation sites (tertiary alicyclic amines) is 2. The minimum atomic E-state index is -0.814. The molecule has 0 saturated carbocycles. The predicted molar refractivity (Wildman–Crippen MR) is 168 cm³/mol. The topological polar surface area (TPSA) is 101 Å². The lowest BCUT2D eigenvalue weighted by atomic mass is 9.67. The molecule has 0 unspecified atom stereocenters. The van der Waals surface area contributed by atoms with Gasteiger partial charge in [-0.2, -0.15) is 0 Å². The first-order valence-corrected chi connectivity index (χ1v) is 15.9. The van der Waals surface area contributed by atoms with Crippen molar-refractivity contribution in [2.24, 2.45) is 17.8 Å². The van der Waals surface area contributed by atoms with E-state index in [9.17, 15) is 24.9 Å². The number of carbonyl (C=O) groups is 2. The van der Waals surface area contributed by atoms with Crippen LogP contribution >= 0.6 is 0 Å². The van der Waals surface area contributed by atoms with Crippen LogP contribution in [0.5, 0.6) is 5.75 Å². The van der Waals surface area contributed by atoms with Crippen molar-refractivity contribution < 1.29 is 24.9 Å². The third-order valence-electron chi connectivity index (χ3n) is 9.65. The molecule has 0 spiro atoms.